The van der Waals surface area contributed by atoms with Gasteiger partial charge in [0.2, 0.25) is 5.91 Å². The van der Waals surface area contributed by atoms with E-state index in [1.54, 1.807) is 0 Å². The molecule has 1 fully saturated rings. The van der Waals surface area contributed by atoms with Gasteiger partial charge in [-0.3, -0.25) is 9.69 Å². The van der Waals surface area contributed by atoms with Crippen molar-refractivity contribution >= 4 is 5.91 Å². The summed E-state index contributed by atoms with van der Waals surface area (Å²) < 4.78 is 0. The topological polar surface area (TPSA) is 47.3 Å². The second-order valence-corrected chi connectivity index (χ2v) is 5.13. The first-order valence-corrected chi connectivity index (χ1v) is 7.20. The highest BCUT2D eigenvalue weighted by Gasteiger charge is 2.24. The van der Waals surface area contributed by atoms with Gasteiger partial charge in [-0.15, -0.1) is 0 Å². The molecule has 0 saturated carbocycles. The third-order valence-electron chi connectivity index (χ3n) is 3.84. The summed E-state index contributed by atoms with van der Waals surface area (Å²) >= 11 is 0. The van der Waals surface area contributed by atoms with Gasteiger partial charge in [-0.1, -0.05) is 37.3 Å². The fourth-order valence-electron chi connectivity index (χ4n) is 2.60. The van der Waals surface area contributed by atoms with Crippen LogP contribution < -0.4 is 0 Å². The molecule has 1 aromatic carbocycles. The molecule has 2 rings (SSSR count). The summed E-state index contributed by atoms with van der Waals surface area (Å²) in [5.74, 6) is 0.181. The number of carbonyl (C=O) groups excluding carboxylic acids is 1. The van der Waals surface area contributed by atoms with E-state index in [0.29, 0.717) is 6.42 Å². The minimum atomic E-state index is -0.0126. The van der Waals surface area contributed by atoms with Crippen molar-refractivity contribution in [2.75, 3.05) is 26.2 Å². The van der Waals surface area contributed by atoms with E-state index in [1.807, 2.05) is 42.2 Å². The molecule has 1 heterocycles. The molecule has 1 aliphatic rings. The van der Waals surface area contributed by atoms with Crippen LogP contribution in [0.4, 0.5) is 0 Å². The Balaban J connectivity index is 1.85. The van der Waals surface area contributed by atoms with E-state index in [-0.39, 0.29) is 11.9 Å². The molecule has 4 nitrogen and oxygen atoms in total. The van der Waals surface area contributed by atoms with Crippen LogP contribution in [-0.2, 0) is 11.2 Å². The second kappa shape index (κ2) is 7.06. The molecule has 1 atom stereocenters. The minimum absolute atomic E-state index is 0.0126. The summed E-state index contributed by atoms with van der Waals surface area (Å²) in [6.45, 7) is 5.08. The van der Waals surface area contributed by atoms with E-state index < -0.39 is 0 Å². The van der Waals surface area contributed by atoms with Crippen molar-refractivity contribution in [1.82, 2.24) is 9.80 Å². The van der Waals surface area contributed by atoms with Crippen LogP contribution in [0, 0.1) is 11.3 Å². The molecule has 106 valence electrons. The molecule has 1 aliphatic heterocycles. The Bertz CT molecular complexity index is 472. The smallest absolute Gasteiger partial charge is 0.227 e. The normalized spacial score (nSPS) is 17.5. The Kier molecular flexibility index (Phi) is 5.14. The van der Waals surface area contributed by atoms with Gasteiger partial charge in [-0.2, -0.15) is 5.26 Å². The van der Waals surface area contributed by atoms with Crippen molar-refractivity contribution in [3.8, 4) is 6.07 Å². The molecule has 20 heavy (non-hydrogen) atoms. The molecule has 1 saturated heterocycles. The first-order chi connectivity index (χ1) is 9.74. The van der Waals surface area contributed by atoms with Gasteiger partial charge in [0.05, 0.1) is 18.5 Å². The van der Waals surface area contributed by atoms with Crippen molar-refractivity contribution in [1.29, 1.82) is 5.26 Å². The van der Waals surface area contributed by atoms with E-state index in [4.69, 9.17) is 5.26 Å². The van der Waals surface area contributed by atoms with Crippen LogP contribution >= 0.6 is 0 Å². The predicted octanol–water partition coefficient (Wildman–Crippen LogP) is 1.68. The number of nitrogens with zero attached hydrogens (tertiary/aromatic N) is 3. The summed E-state index contributed by atoms with van der Waals surface area (Å²) in [4.78, 5) is 16.3. The zero-order chi connectivity index (χ0) is 14.4. The average molecular weight is 271 g/mol. The SMILES string of the molecule is CCC(C#N)N1CCN(C(=O)Cc2ccccc2)CC1. The molecule has 1 aromatic rings. The quantitative estimate of drug-likeness (QED) is 0.837. The molecule has 0 aliphatic carbocycles. The van der Waals surface area contributed by atoms with Gasteiger partial charge in [0.1, 0.15) is 0 Å². The van der Waals surface area contributed by atoms with Crippen molar-refractivity contribution < 1.29 is 4.79 Å². The second-order valence-electron chi connectivity index (χ2n) is 5.13. The molecule has 0 bridgehead atoms. The molecular formula is C16H21N3O. The summed E-state index contributed by atoms with van der Waals surface area (Å²) in [7, 11) is 0. The van der Waals surface area contributed by atoms with Crippen LogP contribution in [0.3, 0.4) is 0 Å². The van der Waals surface area contributed by atoms with Gasteiger partial charge in [0.15, 0.2) is 0 Å². The van der Waals surface area contributed by atoms with Crippen LogP contribution in [-0.4, -0.2) is 47.9 Å². The zero-order valence-corrected chi connectivity index (χ0v) is 12.0. The van der Waals surface area contributed by atoms with Gasteiger partial charge >= 0.3 is 0 Å². The largest absolute Gasteiger partial charge is 0.340 e. The standard InChI is InChI=1S/C16H21N3O/c1-2-15(13-17)18-8-10-19(11-9-18)16(20)12-14-6-4-3-5-7-14/h3-7,15H,2,8-12H2,1H3. The Morgan fingerprint density at radius 2 is 1.90 bits per heavy atom. The lowest BCUT2D eigenvalue weighted by Crippen LogP contribution is -2.51. The number of carbonyl (C=O) groups is 1. The van der Waals surface area contributed by atoms with Gasteiger partial charge in [-0.05, 0) is 12.0 Å². The molecule has 0 spiro atoms. The maximum absolute atomic E-state index is 12.2. The number of benzene rings is 1. The summed E-state index contributed by atoms with van der Waals surface area (Å²) in [6, 6.07) is 12.2. The van der Waals surface area contributed by atoms with Gasteiger partial charge in [0.25, 0.3) is 0 Å². The number of hydrogen-bond donors (Lipinski definition) is 0. The molecule has 0 radical (unpaired) electrons. The summed E-state index contributed by atoms with van der Waals surface area (Å²) in [5.41, 5.74) is 1.06. The molecule has 0 N–H and O–H groups in total. The maximum Gasteiger partial charge on any atom is 0.227 e. The Labute approximate surface area is 120 Å². The zero-order valence-electron chi connectivity index (χ0n) is 12.0. The molecule has 4 heteroatoms. The fourth-order valence-corrected chi connectivity index (χ4v) is 2.60. The third kappa shape index (κ3) is 3.58. The van der Waals surface area contributed by atoms with E-state index in [2.05, 4.69) is 11.0 Å². The van der Waals surface area contributed by atoms with E-state index in [0.717, 1.165) is 38.2 Å². The average Bonchev–Trinajstić information content (AvgIpc) is 2.50. The van der Waals surface area contributed by atoms with Crippen LogP contribution in [0.5, 0.6) is 0 Å². The third-order valence-corrected chi connectivity index (χ3v) is 3.84. The predicted molar refractivity (Wildman–Crippen MR) is 78.0 cm³/mol. The maximum atomic E-state index is 12.2. The first kappa shape index (κ1) is 14.5. The molecule has 1 unspecified atom stereocenters. The number of amides is 1. The van der Waals surface area contributed by atoms with Crippen LogP contribution in [0.1, 0.15) is 18.9 Å². The Morgan fingerprint density at radius 1 is 1.25 bits per heavy atom. The van der Waals surface area contributed by atoms with Crippen molar-refractivity contribution in [3.63, 3.8) is 0 Å². The molecule has 0 aromatic heterocycles. The highest BCUT2D eigenvalue weighted by Crippen LogP contribution is 2.10. The van der Waals surface area contributed by atoms with E-state index >= 15 is 0 Å². The fraction of sp³-hybridized carbons (Fsp3) is 0.500. The Hall–Kier alpha value is -1.86. The minimum Gasteiger partial charge on any atom is -0.340 e. The number of hydrogen-bond acceptors (Lipinski definition) is 3. The number of piperazine rings is 1. The summed E-state index contributed by atoms with van der Waals surface area (Å²) in [5, 5.41) is 9.08. The van der Waals surface area contributed by atoms with Crippen LogP contribution in [0.15, 0.2) is 30.3 Å². The summed E-state index contributed by atoms with van der Waals surface area (Å²) in [6.07, 6.45) is 1.31. The van der Waals surface area contributed by atoms with E-state index in [9.17, 15) is 4.79 Å². The lowest BCUT2D eigenvalue weighted by atomic mass is 10.1. The number of rotatable bonds is 4. The highest BCUT2D eigenvalue weighted by molar-refractivity contribution is 5.78. The highest BCUT2D eigenvalue weighted by atomic mass is 16.2. The van der Waals surface area contributed by atoms with Crippen molar-refractivity contribution in [2.24, 2.45) is 0 Å². The van der Waals surface area contributed by atoms with Crippen LogP contribution in [0.2, 0.25) is 0 Å². The number of nitriles is 1. The Morgan fingerprint density at radius 3 is 2.45 bits per heavy atom. The van der Waals surface area contributed by atoms with Gasteiger partial charge < -0.3 is 4.90 Å². The van der Waals surface area contributed by atoms with Crippen molar-refractivity contribution in [2.45, 2.75) is 25.8 Å². The first-order valence-electron chi connectivity index (χ1n) is 7.20. The van der Waals surface area contributed by atoms with Gasteiger partial charge in [-0.25, -0.2) is 0 Å². The molecule has 1 amide bonds. The van der Waals surface area contributed by atoms with Gasteiger partial charge in [0, 0.05) is 26.2 Å². The van der Waals surface area contributed by atoms with E-state index in [1.165, 1.54) is 0 Å². The lowest BCUT2D eigenvalue weighted by Gasteiger charge is -2.36. The van der Waals surface area contributed by atoms with Crippen molar-refractivity contribution in [3.05, 3.63) is 35.9 Å². The lowest BCUT2D eigenvalue weighted by molar-refractivity contribution is -0.132. The monoisotopic (exact) mass is 271 g/mol. The van der Waals surface area contributed by atoms with Crippen LogP contribution in [0.25, 0.3) is 0 Å². The molecular weight excluding hydrogens is 250 g/mol.